The quantitative estimate of drug-likeness (QED) is 0.815. The Hall–Kier alpha value is -1.46. The van der Waals surface area contributed by atoms with E-state index in [2.05, 4.69) is 0 Å². The summed E-state index contributed by atoms with van der Waals surface area (Å²) in [6, 6.07) is 9.23. The minimum absolute atomic E-state index is 0.0768. The first kappa shape index (κ1) is 14.5. The van der Waals surface area contributed by atoms with E-state index in [1.165, 1.54) is 4.31 Å². The predicted molar refractivity (Wildman–Crippen MR) is 84.2 cm³/mol. The van der Waals surface area contributed by atoms with E-state index in [1.807, 2.05) is 31.2 Å². The second-order valence-corrected chi connectivity index (χ2v) is 7.48. The zero-order valence-corrected chi connectivity index (χ0v) is 13.5. The van der Waals surface area contributed by atoms with Gasteiger partial charge >= 0.3 is 0 Å². The molecule has 2 aromatic rings. The third-order valence-corrected chi connectivity index (χ3v) is 6.09. The number of halogens is 1. The maximum Gasteiger partial charge on any atom is 0.266 e. The van der Waals surface area contributed by atoms with Crippen LogP contribution >= 0.6 is 11.6 Å². The molecule has 1 aliphatic rings. The highest BCUT2D eigenvalue weighted by Crippen LogP contribution is 2.36. The van der Waals surface area contributed by atoms with Crippen LogP contribution in [0.3, 0.4) is 0 Å². The Morgan fingerprint density at radius 1 is 1.33 bits per heavy atom. The lowest BCUT2D eigenvalue weighted by molar-refractivity contribution is 0.584. The Labute approximate surface area is 130 Å². The van der Waals surface area contributed by atoms with Gasteiger partial charge in [-0.3, -0.25) is 4.31 Å². The molecule has 0 N–H and O–H groups in total. The molecule has 0 spiro atoms. The summed E-state index contributed by atoms with van der Waals surface area (Å²) >= 11 is 5.84. The Bertz CT molecular complexity index is 783. The summed E-state index contributed by atoms with van der Waals surface area (Å²) < 4.78 is 29.2. The van der Waals surface area contributed by atoms with Crippen molar-refractivity contribution >= 4 is 27.3 Å². The van der Waals surface area contributed by atoms with Crippen LogP contribution in [0.2, 0.25) is 0 Å². The molecule has 112 valence electrons. The van der Waals surface area contributed by atoms with Crippen LogP contribution in [0.5, 0.6) is 0 Å². The number of fused-ring (bicyclic) bond motifs is 1. The lowest BCUT2D eigenvalue weighted by atomic mass is 10.1. The first-order valence-corrected chi connectivity index (χ1v) is 8.76. The van der Waals surface area contributed by atoms with E-state index in [9.17, 15) is 8.42 Å². The number of rotatable bonds is 3. The van der Waals surface area contributed by atoms with Crippen LogP contribution in [0.4, 0.5) is 5.69 Å². The summed E-state index contributed by atoms with van der Waals surface area (Å²) in [6.45, 7) is 1.93. The molecule has 4 nitrogen and oxygen atoms in total. The maximum absolute atomic E-state index is 13.0. The summed E-state index contributed by atoms with van der Waals surface area (Å²) in [6.07, 6.45) is 2.37. The number of para-hydroxylation sites is 1. The maximum atomic E-state index is 13.0. The largest absolute Gasteiger partial charge is 0.352 e. The van der Waals surface area contributed by atoms with E-state index < -0.39 is 10.0 Å². The lowest BCUT2D eigenvalue weighted by Gasteiger charge is -2.23. The van der Waals surface area contributed by atoms with E-state index in [-0.39, 0.29) is 11.9 Å². The Balaban J connectivity index is 2.10. The van der Waals surface area contributed by atoms with Gasteiger partial charge in [0.25, 0.3) is 10.0 Å². The van der Waals surface area contributed by atoms with Gasteiger partial charge in [-0.2, -0.15) is 0 Å². The van der Waals surface area contributed by atoms with Gasteiger partial charge in [-0.25, -0.2) is 8.42 Å². The zero-order valence-electron chi connectivity index (χ0n) is 12.0. The van der Waals surface area contributed by atoms with Gasteiger partial charge in [-0.05, 0) is 31.0 Å². The van der Waals surface area contributed by atoms with Crippen molar-refractivity contribution in [2.24, 2.45) is 7.05 Å². The van der Waals surface area contributed by atoms with Gasteiger partial charge in [-0.15, -0.1) is 11.6 Å². The molecule has 1 aliphatic heterocycles. The molecule has 0 fully saturated rings. The molecular formula is C15H17ClN2O2S. The number of aryl methyl sites for hydroxylation is 1. The fourth-order valence-electron chi connectivity index (χ4n) is 2.87. The normalized spacial score (nSPS) is 18.0. The number of nitrogens with zero attached hydrogens (tertiary/aromatic N) is 2. The highest BCUT2D eigenvalue weighted by Gasteiger charge is 2.36. The summed E-state index contributed by atoms with van der Waals surface area (Å²) in [4.78, 5) is 0.296. The highest BCUT2D eigenvalue weighted by molar-refractivity contribution is 7.92. The van der Waals surface area contributed by atoms with Crippen molar-refractivity contribution in [2.75, 3.05) is 4.31 Å². The Morgan fingerprint density at radius 2 is 2.05 bits per heavy atom. The molecule has 1 aromatic carbocycles. The molecule has 1 unspecified atom stereocenters. The molecule has 2 heterocycles. The third-order valence-electron chi connectivity index (χ3n) is 3.92. The number of aromatic nitrogens is 1. The van der Waals surface area contributed by atoms with Crippen molar-refractivity contribution in [2.45, 2.75) is 30.2 Å². The van der Waals surface area contributed by atoms with Crippen LogP contribution in [-0.2, 0) is 29.4 Å². The van der Waals surface area contributed by atoms with Crippen LogP contribution in [0.15, 0.2) is 41.4 Å². The van der Waals surface area contributed by atoms with Crippen molar-refractivity contribution < 1.29 is 8.42 Å². The second-order valence-electron chi connectivity index (χ2n) is 5.39. The van der Waals surface area contributed by atoms with Gasteiger partial charge in [-0.1, -0.05) is 18.2 Å². The molecule has 1 aromatic heterocycles. The second kappa shape index (κ2) is 5.07. The lowest BCUT2D eigenvalue weighted by Crippen LogP contribution is -2.35. The Kier molecular flexibility index (Phi) is 3.50. The molecule has 0 saturated heterocycles. The number of hydrogen-bond acceptors (Lipinski definition) is 2. The summed E-state index contributed by atoms with van der Waals surface area (Å²) in [7, 11) is -1.76. The van der Waals surface area contributed by atoms with Gasteiger partial charge in [0.05, 0.1) is 11.6 Å². The van der Waals surface area contributed by atoms with Crippen LogP contribution in [0.1, 0.15) is 18.2 Å². The molecule has 3 rings (SSSR count). The first-order chi connectivity index (χ1) is 9.95. The van der Waals surface area contributed by atoms with Crippen molar-refractivity contribution in [1.29, 1.82) is 0 Å². The zero-order chi connectivity index (χ0) is 15.2. The van der Waals surface area contributed by atoms with Gasteiger partial charge in [0, 0.05) is 25.0 Å². The molecule has 6 heteroatoms. The van der Waals surface area contributed by atoms with Gasteiger partial charge in [0.1, 0.15) is 4.90 Å². The minimum atomic E-state index is -3.56. The summed E-state index contributed by atoms with van der Waals surface area (Å²) in [5, 5.41) is 0. The monoisotopic (exact) mass is 324 g/mol. The molecule has 21 heavy (non-hydrogen) atoms. The Morgan fingerprint density at radius 3 is 2.71 bits per heavy atom. The molecule has 0 bridgehead atoms. The molecule has 0 saturated carbocycles. The topological polar surface area (TPSA) is 42.3 Å². The number of anilines is 1. The van der Waals surface area contributed by atoms with Crippen LogP contribution in [0.25, 0.3) is 0 Å². The van der Waals surface area contributed by atoms with E-state index in [0.717, 1.165) is 23.4 Å². The predicted octanol–water partition coefficient (Wildman–Crippen LogP) is 2.90. The third kappa shape index (κ3) is 2.24. The van der Waals surface area contributed by atoms with Gasteiger partial charge in [0.2, 0.25) is 0 Å². The highest BCUT2D eigenvalue weighted by atomic mass is 35.5. The molecule has 0 aliphatic carbocycles. The van der Waals surface area contributed by atoms with Crippen molar-refractivity contribution in [3.63, 3.8) is 0 Å². The van der Waals surface area contributed by atoms with Gasteiger partial charge < -0.3 is 4.57 Å². The average Bonchev–Trinajstić information content (AvgIpc) is 2.98. The van der Waals surface area contributed by atoms with E-state index in [4.69, 9.17) is 11.6 Å². The summed E-state index contributed by atoms with van der Waals surface area (Å²) in [5.41, 5.74) is 2.64. The van der Waals surface area contributed by atoms with E-state index in [1.54, 1.807) is 23.9 Å². The molecular weight excluding hydrogens is 308 g/mol. The first-order valence-electron chi connectivity index (χ1n) is 6.78. The summed E-state index contributed by atoms with van der Waals surface area (Å²) in [5.74, 6) is 0.290. The van der Waals surface area contributed by atoms with Gasteiger partial charge in [0.15, 0.2) is 0 Å². The fourth-order valence-corrected chi connectivity index (χ4v) is 4.92. The van der Waals surface area contributed by atoms with Crippen LogP contribution in [-0.4, -0.2) is 19.0 Å². The number of hydrogen-bond donors (Lipinski definition) is 0. The van der Waals surface area contributed by atoms with Crippen molar-refractivity contribution in [3.8, 4) is 0 Å². The molecule has 0 amide bonds. The number of benzene rings is 1. The van der Waals surface area contributed by atoms with Crippen molar-refractivity contribution in [3.05, 3.63) is 47.8 Å². The molecule has 1 atom stereocenters. The minimum Gasteiger partial charge on any atom is -0.352 e. The van der Waals surface area contributed by atoms with Crippen LogP contribution in [0, 0.1) is 0 Å². The number of alkyl halides is 1. The van der Waals surface area contributed by atoms with Crippen LogP contribution < -0.4 is 4.31 Å². The average molecular weight is 325 g/mol. The fraction of sp³-hybridized carbons (Fsp3) is 0.333. The number of sulfonamides is 1. The van der Waals surface area contributed by atoms with Crippen molar-refractivity contribution in [1.82, 2.24) is 4.57 Å². The smallest absolute Gasteiger partial charge is 0.266 e. The van der Waals surface area contributed by atoms with E-state index >= 15 is 0 Å². The SMILES string of the molecule is CC1Cc2ccccc2N1S(=O)(=O)c1cc(CCl)n(C)c1. The van der Waals surface area contributed by atoms with E-state index in [0.29, 0.717) is 4.90 Å². The molecule has 0 radical (unpaired) electrons. The standard InChI is InChI=1S/C15H17ClN2O2S/c1-11-7-12-5-3-4-6-15(12)18(11)21(19,20)14-8-13(9-16)17(2)10-14/h3-6,8,10-11H,7,9H2,1-2H3.